The maximum atomic E-state index is 11.1. The largest absolute Gasteiger partial charge is 0.355 e. The molecule has 0 unspecified atom stereocenters. The van der Waals surface area contributed by atoms with Crippen molar-refractivity contribution in [1.29, 1.82) is 0 Å². The van der Waals surface area contributed by atoms with E-state index in [1.54, 1.807) is 0 Å². The summed E-state index contributed by atoms with van der Waals surface area (Å²) in [4.78, 5) is 24.3. The van der Waals surface area contributed by atoms with Gasteiger partial charge in [0, 0.05) is 18.9 Å². The average molecular weight is 228 g/mol. The number of amides is 1. The highest BCUT2D eigenvalue weighted by Crippen LogP contribution is 1.90. The SMILES string of the molecule is CC.CC(C)C(=O)NCCc1n[nH]c(=O)[nH]1. The quantitative estimate of drug-likeness (QED) is 0.698. The molecule has 16 heavy (non-hydrogen) atoms. The number of carbonyl (C=O) groups is 1. The predicted octanol–water partition coefficient (Wildman–Crippen LogP) is 0.439. The number of rotatable bonds is 4. The maximum Gasteiger partial charge on any atom is 0.340 e. The fourth-order valence-corrected chi connectivity index (χ4v) is 0.932. The number of hydrogen-bond acceptors (Lipinski definition) is 3. The van der Waals surface area contributed by atoms with E-state index in [2.05, 4.69) is 20.5 Å². The molecule has 1 heterocycles. The number of aromatic nitrogens is 3. The Kier molecular flexibility index (Phi) is 6.91. The summed E-state index contributed by atoms with van der Waals surface area (Å²) in [6.45, 7) is 8.13. The lowest BCUT2D eigenvalue weighted by molar-refractivity contribution is -0.123. The number of nitrogens with one attached hydrogen (secondary N) is 3. The third kappa shape index (κ3) is 5.33. The molecule has 0 aromatic carbocycles. The Morgan fingerprint density at radius 1 is 1.44 bits per heavy atom. The predicted molar refractivity (Wildman–Crippen MR) is 62.1 cm³/mol. The van der Waals surface area contributed by atoms with Crippen LogP contribution in [-0.4, -0.2) is 27.6 Å². The minimum atomic E-state index is -0.324. The van der Waals surface area contributed by atoms with Gasteiger partial charge in [-0.1, -0.05) is 27.7 Å². The fraction of sp³-hybridized carbons (Fsp3) is 0.700. The lowest BCUT2D eigenvalue weighted by Gasteiger charge is -2.05. The minimum absolute atomic E-state index is 0.00267. The summed E-state index contributed by atoms with van der Waals surface area (Å²) in [5.41, 5.74) is -0.324. The fourth-order valence-electron chi connectivity index (χ4n) is 0.932. The van der Waals surface area contributed by atoms with Crippen molar-refractivity contribution in [2.45, 2.75) is 34.1 Å². The first kappa shape index (κ1) is 14.4. The van der Waals surface area contributed by atoms with Crippen LogP contribution >= 0.6 is 0 Å². The Labute approximate surface area is 94.8 Å². The van der Waals surface area contributed by atoms with E-state index in [-0.39, 0.29) is 17.5 Å². The Balaban J connectivity index is 0.00000106. The van der Waals surface area contributed by atoms with Gasteiger partial charge < -0.3 is 5.32 Å². The Morgan fingerprint density at radius 2 is 2.06 bits per heavy atom. The first-order chi connectivity index (χ1) is 7.59. The normalized spacial score (nSPS) is 9.56. The van der Waals surface area contributed by atoms with Crippen molar-refractivity contribution in [3.05, 3.63) is 16.3 Å². The topological polar surface area (TPSA) is 90.6 Å². The summed E-state index contributed by atoms with van der Waals surface area (Å²) in [6, 6.07) is 0. The van der Waals surface area contributed by atoms with Gasteiger partial charge in [0.1, 0.15) is 5.82 Å². The number of hydrogen-bond donors (Lipinski definition) is 3. The maximum absolute atomic E-state index is 11.1. The molecule has 0 aliphatic rings. The average Bonchev–Trinajstić information content (AvgIpc) is 2.67. The van der Waals surface area contributed by atoms with Crippen molar-refractivity contribution in [2.24, 2.45) is 5.92 Å². The zero-order valence-corrected chi connectivity index (χ0v) is 10.3. The van der Waals surface area contributed by atoms with Gasteiger partial charge in [-0.25, -0.2) is 9.89 Å². The molecule has 0 bridgehead atoms. The van der Waals surface area contributed by atoms with Gasteiger partial charge in [0.05, 0.1) is 0 Å². The highest BCUT2D eigenvalue weighted by Gasteiger charge is 2.05. The van der Waals surface area contributed by atoms with Crippen molar-refractivity contribution in [1.82, 2.24) is 20.5 Å². The molecule has 0 fully saturated rings. The molecule has 0 aliphatic heterocycles. The Morgan fingerprint density at radius 3 is 2.50 bits per heavy atom. The van der Waals surface area contributed by atoms with Crippen LogP contribution in [0.2, 0.25) is 0 Å². The second-order valence-corrected chi connectivity index (χ2v) is 3.32. The molecule has 1 aromatic heterocycles. The summed E-state index contributed by atoms with van der Waals surface area (Å²) >= 11 is 0. The van der Waals surface area contributed by atoms with Crippen molar-refractivity contribution >= 4 is 5.91 Å². The van der Waals surface area contributed by atoms with E-state index in [1.165, 1.54) is 0 Å². The summed E-state index contributed by atoms with van der Waals surface area (Å²) in [5, 5.41) is 8.69. The van der Waals surface area contributed by atoms with E-state index in [0.29, 0.717) is 18.8 Å². The van der Waals surface area contributed by atoms with E-state index < -0.39 is 0 Å². The summed E-state index contributed by atoms with van der Waals surface area (Å²) in [5.74, 6) is 0.537. The molecule has 0 saturated heterocycles. The van der Waals surface area contributed by atoms with Crippen LogP contribution in [0.15, 0.2) is 4.79 Å². The van der Waals surface area contributed by atoms with Crippen LogP contribution in [0.4, 0.5) is 0 Å². The number of H-pyrrole nitrogens is 2. The second kappa shape index (κ2) is 7.67. The zero-order chi connectivity index (χ0) is 12.6. The number of nitrogens with zero attached hydrogens (tertiary/aromatic N) is 1. The van der Waals surface area contributed by atoms with Crippen molar-refractivity contribution in [3.63, 3.8) is 0 Å². The lowest BCUT2D eigenvalue weighted by Crippen LogP contribution is -2.29. The molecule has 92 valence electrons. The van der Waals surface area contributed by atoms with Crippen LogP contribution < -0.4 is 11.0 Å². The van der Waals surface area contributed by atoms with E-state index in [9.17, 15) is 9.59 Å². The van der Waals surface area contributed by atoms with Gasteiger partial charge in [0.2, 0.25) is 5.91 Å². The van der Waals surface area contributed by atoms with Crippen LogP contribution in [-0.2, 0) is 11.2 Å². The molecule has 1 aromatic rings. The molecular weight excluding hydrogens is 208 g/mol. The monoisotopic (exact) mass is 228 g/mol. The third-order valence-corrected chi connectivity index (χ3v) is 1.74. The van der Waals surface area contributed by atoms with Gasteiger partial charge >= 0.3 is 5.69 Å². The molecule has 0 radical (unpaired) electrons. The summed E-state index contributed by atoms with van der Waals surface area (Å²) in [7, 11) is 0. The molecular formula is C10H20N4O2. The van der Waals surface area contributed by atoms with Crippen LogP contribution in [0.5, 0.6) is 0 Å². The number of aromatic amines is 2. The molecule has 1 amide bonds. The van der Waals surface area contributed by atoms with Crippen LogP contribution in [0.1, 0.15) is 33.5 Å². The van der Waals surface area contributed by atoms with E-state index in [4.69, 9.17) is 0 Å². The Bertz CT molecular complexity index is 354. The van der Waals surface area contributed by atoms with E-state index >= 15 is 0 Å². The number of carbonyl (C=O) groups excluding carboxylic acids is 1. The standard InChI is InChI=1S/C8H14N4O2.C2H6/c1-5(2)7(13)9-4-3-6-10-8(14)12-11-6;1-2/h5H,3-4H2,1-2H3,(H,9,13)(H2,10,11,12,14);1-2H3. The molecule has 6 nitrogen and oxygen atoms in total. The van der Waals surface area contributed by atoms with Gasteiger partial charge in [-0.05, 0) is 0 Å². The molecule has 6 heteroatoms. The minimum Gasteiger partial charge on any atom is -0.355 e. The third-order valence-electron chi connectivity index (χ3n) is 1.74. The molecule has 0 saturated carbocycles. The second-order valence-electron chi connectivity index (χ2n) is 3.32. The smallest absolute Gasteiger partial charge is 0.340 e. The van der Waals surface area contributed by atoms with Crippen LogP contribution in [0.3, 0.4) is 0 Å². The highest BCUT2D eigenvalue weighted by molar-refractivity contribution is 5.77. The van der Waals surface area contributed by atoms with Crippen molar-refractivity contribution < 1.29 is 4.79 Å². The summed E-state index contributed by atoms with van der Waals surface area (Å²) in [6.07, 6.45) is 0.525. The van der Waals surface area contributed by atoms with Gasteiger partial charge in [-0.15, -0.1) is 0 Å². The van der Waals surface area contributed by atoms with Crippen molar-refractivity contribution in [3.8, 4) is 0 Å². The van der Waals surface area contributed by atoms with E-state index in [1.807, 2.05) is 27.7 Å². The Hall–Kier alpha value is -1.59. The molecule has 0 atom stereocenters. The molecule has 3 N–H and O–H groups in total. The van der Waals surface area contributed by atoms with E-state index in [0.717, 1.165) is 0 Å². The summed E-state index contributed by atoms with van der Waals surface area (Å²) < 4.78 is 0. The van der Waals surface area contributed by atoms with Crippen LogP contribution in [0.25, 0.3) is 0 Å². The first-order valence-electron chi connectivity index (χ1n) is 5.51. The zero-order valence-electron chi connectivity index (χ0n) is 10.3. The van der Waals surface area contributed by atoms with Gasteiger partial charge in [-0.3, -0.25) is 9.78 Å². The molecule has 0 aliphatic carbocycles. The molecule has 0 spiro atoms. The molecule has 1 rings (SSSR count). The highest BCUT2D eigenvalue weighted by atomic mass is 16.2. The van der Waals surface area contributed by atoms with Crippen molar-refractivity contribution in [2.75, 3.05) is 6.54 Å². The first-order valence-corrected chi connectivity index (χ1v) is 5.51. The lowest BCUT2D eigenvalue weighted by atomic mass is 10.2. The van der Waals surface area contributed by atoms with Gasteiger partial charge in [-0.2, -0.15) is 5.10 Å². The van der Waals surface area contributed by atoms with Gasteiger partial charge in [0.15, 0.2) is 0 Å². The van der Waals surface area contributed by atoms with Crippen LogP contribution in [0, 0.1) is 5.92 Å². The van der Waals surface area contributed by atoms with Gasteiger partial charge in [0.25, 0.3) is 0 Å².